The molecular weight excluding hydrogens is 432 g/mol. The summed E-state index contributed by atoms with van der Waals surface area (Å²) < 4.78 is 7.06. The third-order valence-electron chi connectivity index (χ3n) is 4.58. The Balaban J connectivity index is 1.64. The van der Waals surface area contributed by atoms with Crippen molar-refractivity contribution < 1.29 is 14.1 Å². The average Bonchev–Trinajstić information content (AvgIpc) is 3.45. The topological polar surface area (TPSA) is 120 Å². The first-order valence-corrected chi connectivity index (χ1v) is 10.3. The van der Waals surface area contributed by atoms with Gasteiger partial charge in [-0.05, 0) is 47.7 Å². The van der Waals surface area contributed by atoms with E-state index in [9.17, 15) is 14.9 Å². The fourth-order valence-electron chi connectivity index (χ4n) is 3.03. The minimum atomic E-state index is -0.506. The molecule has 10 nitrogen and oxygen atoms in total. The first kappa shape index (κ1) is 21.2. The van der Waals surface area contributed by atoms with Crippen LogP contribution in [0, 0.1) is 10.1 Å². The molecule has 0 aliphatic heterocycles. The Morgan fingerprint density at radius 2 is 2.12 bits per heavy atom. The fourth-order valence-corrected chi connectivity index (χ4v) is 3.88. The van der Waals surface area contributed by atoms with Gasteiger partial charge in [0.2, 0.25) is 0 Å². The van der Waals surface area contributed by atoms with Gasteiger partial charge in [0.15, 0.2) is 5.16 Å². The number of aryl methyl sites for hydroxylation is 1. The molecule has 0 atom stereocenters. The molecule has 0 N–H and O–H groups in total. The van der Waals surface area contributed by atoms with E-state index in [0.717, 1.165) is 17.3 Å². The molecule has 4 rings (SSSR count). The number of carbonyl (C=O) groups excluding carboxylic acids is 1. The van der Waals surface area contributed by atoms with E-state index in [1.54, 1.807) is 59.2 Å². The molecule has 0 radical (unpaired) electrons. The molecule has 32 heavy (non-hydrogen) atoms. The van der Waals surface area contributed by atoms with Crippen molar-refractivity contribution in [3.8, 4) is 0 Å². The Morgan fingerprint density at radius 1 is 1.25 bits per heavy atom. The average molecular weight is 450 g/mol. The number of nitro benzene ring substituents is 1. The van der Waals surface area contributed by atoms with E-state index in [1.807, 2.05) is 6.07 Å². The van der Waals surface area contributed by atoms with Crippen molar-refractivity contribution in [1.82, 2.24) is 24.6 Å². The van der Waals surface area contributed by atoms with E-state index >= 15 is 0 Å². The molecule has 1 aromatic carbocycles. The third kappa shape index (κ3) is 4.83. The quantitative estimate of drug-likeness (QED) is 0.294. The highest BCUT2D eigenvalue weighted by atomic mass is 32.2. The van der Waals surface area contributed by atoms with Crippen molar-refractivity contribution in [3.63, 3.8) is 0 Å². The molecule has 0 saturated heterocycles. The number of hydrogen-bond donors (Lipinski definition) is 0. The summed E-state index contributed by atoms with van der Waals surface area (Å²) in [5, 5.41) is 20.0. The van der Waals surface area contributed by atoms with Gasteiger partial charge >= 0.3 is 0 Å². The van der Waals surface area contributed by atoms with Crippen LogP contribution in [0.15, 0.2) is 81.9 Å². The number of pyridine rings is 1. The summed E-state index contributed by atoms with van der Waals surface area (Å²) in [6.07, 6.45) is 6.37. The zero-order valence-corrected chi connectivity index (χ0v) is 17.8. The highest BCUT2D eigenvalue weighted by Crippen LogP contribution is 2.34. The molecule has 4 aromatic rings. The lowest BCUT2D eigenvalue weighted by Crippen LogP contribution is -2.30. The summed E-state index contributed by atoms with van der Waals surface area (Å²) in [6.45, 7) is 0.487. The first-order valence-electron chi connectivity index (χ1n) is 9.52. The largest absolute Gasteiger partial charge is 0.467 e. The maximum absolute atomic E-state index is 13.3. The molecular formula is C21H18N6O4S. The van der Waals surface area contributed by atoms with Crippen LogP contribution in [0.25, 0.3) is 0 Å². The van der Waals surface area contributed by atoms with Gasteiger partial charge in [0.05, 0.1) is 22.6 Å². The van der Waals surface area contributed by atoms with Crippen molar-refractivity contribution in [1.29, 1.82) is 0 Å². The van der Waals surface area contributed by atoms with E-state index in [-0.39, 0.29) is 30.2 Å². The van der Waals surface area contributed by atoms with E-state index in [4.69, 9.17) is 4.42 Å². The van der Waals surface area contributed by atoms with Gasteiger partial charge in [-0.15, -0.1) is 10.2 Å². The second kappa shape index (κ2) is 9.43. The summed E-state index contributed by atoms with van der Waals surface area (Å²) >= 11 is 1.11. The first-order chi connectivity index (χ1) is 15.5. The van der Waals surface area contributed by atoms with Gasteiger partial charge in [0, 0.05) is 37.6 Å². The summed E-state index contributed by atoms with van der Waals surface area (Å²) in [5.41, 5.74) is 0.856. The van der Waals surface area contributed by atoms with E-state index < -0.39 is 4.92 Å². The Bertz CT molecular complexity index is 1230. The lowest BCUT2D eigenvalue weighted by Gasteiger charge is -2.22. The molecule has 11 heteroatoms. The summed E-state index contributed by atoms with van der Waals surface area (Å²) in [4.78, 5) is 30.6. The Kier molecular flexibility index (Phi) is 6.26. The summed E-state index contributed by atoms with van der Waals surface area (Å²) in [7, 11) is 1.75. The van der Waals surface area contributed by atoms with Crippen LogP contribution in [0.3, 0.4) is 0 Å². The zero-order chi connectivity index (χ0) is 22.5. The molecule has 3 aromatic heterocycles. The maximum Gasteiger partial charge on any atom is 0.284 e. The van der Waals surface area contributed by atoms with Gasteiger partial charge in [-0.1, -0.05) is 6.07 Å². The number of amides is 1. The number of nitrogens with zero attached hydrogens (tertiary/aromatic N) is 6. The molecule has 162 valence electrons. The van der Waals surface area contributed by atoms with Gasteiger partial charge in [0.25, 0.3) is 11.6 Å². The van der Waals surface area contributed by atoms with E-state index in [1.165, 1.54) is 18.7 Å². The van der Waals surface area contributed by atoms with Crippen LogP contribution >= 0.6 is 11.8 Å². The predicted molar refractivity (Wildman–Crippen MR) is 115 cm³/mol. The van der Waals surface area contributed by atoms with Crippen molar-refractivity contribution in [2.24, 2.45) is 7.05 Å². The summed E-state index contributed by atoms with van der Waals surface area (Å²) in [5.74, 6) is 0.245. The van der Waals surface area contributed by atoms with E-state index in [0.29, 0.717) is 15.8 Å². The number of nitro groups is 1. The van der Waals surface area contributed by atoms with Gasteiger partial charge in [-0.3, -0.25) is 19.9 Å². The molecule has 0 spiro atoms. The smallest absolute Gasteiger partial charge is 0.284 e. The highest BCUT2D eigenvalue weighted by Gasteiger charge is 2.23. The van der Waals surface area contributed by atoms with Gasteiger partial charge in [0.1, 0.15) is 12.1 Å². The SMILES string of the molecule is Cn1cnnc1Sc1ccc(C(=O)N(Cc2cccnc2)Cc2ccco2)cc1[N+](=O)[O-]. The molecule has 0 fully saturated rings. The van der Waals surface area contributed by atoms with Crippen molar-refractivity contribution in [3.05, 3.63) is 94.5 Å². The molecule has 1 amide bonds. The van der Waals surface area contributed by atoms with Crippen LogP contribution in [-0.2, 0) is 20.1 Å². The van der Waals surface area contributed by atoms with Gasteiger partial charge in [-0.2, -0.15) is 0 Å². The summed E-state index contributed by atoms with van der Waals surface area (Å²) in [6, 6.07) is 11.6. The number of benzene rings is 1. The second-order valence-corrected chi connectivity index (χ2v) is 7.88. The van der Waals surface area contributed by atoms with Crippen LogP contribution in [0.2, 0.25) is 0 Å². The van der Waals surface area contributed by atoms with Crippen LogP contribution in [0.4, 0.5) is 5.69 Å². The predicted octanol–water partition coefficient (Wildman–Crippen LogP) is 3.71. The third-order valence-corrected chi connectivity index (χ3v) is 5.70. The molecule has 0 unspecified atom stereocenters. The number of furan rings is 1. The van der Waals surface area contributed by atoms with E-state index in [2.05, 4.69) is 15.2 Å². The highest BCUT2D eigenvalue weighted by molar-refractivity contribution is 7.99. The molecule has 3 heterocycles. The van der Waals surface area contributed by atoms with Crippen molar-refractivity contribution in [2.75, 3.05) is 0 Å². The van der Waals surface area contributed by atoms with Crippen LogP contribution < -0.4 is 0 Å². The monoisotopic (exact) mass is 450 g/mol. The van der Waals surface area contributed by atoms with Gasteiger partial charge in [-0.25, -0.2) is 0 Å². The number of aromatic nitrogens is 4. The maximum atomic E-state index is 13.3. The minimum absolute atomic E-state index is 0.178. The Hall–Kier alpha value is -3.99. The number of hydrogen-bond acceptors (Lipinski definition) is 8. The number of carbonyl (C=O) groups is 1. The second-order valence-electron chi connectivity index (χ2n) is 6.87. The van der Waals surface area contributed by atoms with Crippen LogP contribution in [0.5, 0.6) is 0 Å². The lowest BCUT2D eigenvalue weighted by molar-refractivity contribution is -0.387. The van der Waals surface area contributed by atoms with Crippen LogP contribution in [-0.4, -0.2) is 35.5 Å². The van der Waals surface area contributed by atoms with Crippen LogP contribution in [0.1, 0.15) is 21.7 Å². The normalized spacial score (nSPS) is 10.8. The van der Waals surface area contributed by atoms with Crippen molar-refractivity contribution in [2.45, 2.75) is 23.1 Å². The Labute approximate surface area is 187 Å². The van der Waals surface area contributed by atoms with Gasteiger partial charge < -0.3 is 13.9 Å². The molecule has 0 bridgehead atoms. The minimum Gasteiger partial charge on any atom is -0.467 e. The number of rotatable bonds is 8. The molecule has 0 aliphatic carbocycles. The van der Waals surface area contributed by atoms with Crippen molar-refractivity contribution >= 4 is 23.4 Å². The molecule has 0 saturated carbocycles. The molecule has 0 aliphatic rings. The Morgan fingerprint density at radius 3 is 2.78 bits per heavy atom. The fraction of sp³-hybridized carbons (Fsp3) is 0.143. The lowest BCUT2D eigenvalue weighted by atomic mass is 10.1. The standard InChI is InChI=1S/C21H18N6O4S/c1-25-14-23-24-21(25)32-19-7-6-16(10-18(19)27(29)30)20(28)26(13-17-5-3-9-31-17)12-15-4-2-8-22-11-15/h2-11,14H,12-13H2,1H3. The zero-order valence-electron chi connectivity index (χ0n) is 17.0.